The van der Waals surface area contributed by atoms with Gasteiger partial charge in [0.05, 0.1) is 28.6 Å². The molecule has 0 radical (unpaired) electrons. The highest BCUT2D eigenvalue weighted by Crippen LogP contribution is 2.49. The summed E-state index contributed by atoms with van der Waals surface area (Å²) in [7, 11) is -0.866. The zero-order valence-corrected chi connectivity index (χ0v) is 25.7. The van der Waals surface area contributed by atoms with E-state index in [4.69, 9.17) is 4.74 Å². The Morgan fingerprint density at radius 2 is 1.71 bits per heavy atom. The number of carbonyl (C=O) groups is 1. The molecule has 0 atom stereocenters. The van der Waals surface area contributed by atoms with Crippen molar-refractivity contribution in [2.75, 3.05) is 25.6 Å². The summed E-state index contributed by atoms with van der Waals surface area (Å²) < 4.78 is 41.0. The molecule has 2 aromatic rings. The van der Waals surface area contributed by atoms with Crippen molar-refractivity contribution in [1.29, 1.82) is 0 Å². The minimum absolute atomic E-state index is 0.0825. The second kappa shape index (κ2) is 10.1. The Morgan fingerprint density at radius 3 is 2.37 bits per heavy atom. The van der Waals surface area contributed by atoms with Gasteiger partial charge in [-0.25, -0.2) is 0 Å². The van der Waals surface area contributed by atoms with Gasteiger partial charge in [-0.2, -0.15) is 13.0 Å². The lowest BCUT2D eigenvalue weighted by Gasteiger charge is -2.30. The molecule has 7 nitrogen and oxygen atoms in total. The highest BCUT2D eigenvalue weighted by atomic mass is 32.2. The standard InChI is InChI=1S/C33H38N2O5S/c1-8-9-12-17-35-27-14-11-10-13-24(27)32(2,3)29(35)20-23-30(36)22(31(23)40-7)19-28-33(4,5)25-18-21(41(37,38)39)15-16-26(25)34(28)6/h10-11,13-16,18-20H,8-9,12,17H2,1-7H3/p+1. The molecule has 0 spiro atoms. The fraction of sp³-hybridized carbons (Fsp3) is 0.394. The molecule has 1 aliphatic carbocycles. The Bertz CT molecular complexity index is 1690. The molecule has 2 aliphatic heterocycles. The van der Waals surface area contributed by atoms with E-state index in [1.54, 1.807) is 13.2 Å². The number of Topliss-reactive ketones (excluding diaryl/α,β-unsaturated/α-hetero) is 1. The summed E-state index contributed by atoms with van der Waals surface area (Å²) in [5, 5.41) is 0. The Kier molecular flexibility index (Phi) is 7.15. The monoisotopic (exact) mass is 575 g/mol. The third kappa shape index (κ3) is 4.57. The van der Waals surface area contributed by atoms with Crippen LogP contribution in [0.1, 0.15) is 65.0 Å². The molecule has 41 heavy (non-hydrogen) atoms. The molecule has 1 N–H and O–H groups in total. The van der Waals surface area contributed by atoms with Gasteiger partial charge >= 0.3 is 0 Å². The highest BCUT2D eigenvalue weighted by Gasteiger charge is 2.47. The number of benzene rings is 2. The van der Waals surface area contributed by atoms with E-state index >= 15 is 0 Å². The maximum absolute atomic E-state index is 13.7. The van der Waals surface area contributed by atoms with Crippen LogP contribution >= 0.6 is 0 Å². The van der Waals surface area contributed by atoms with E-state index in [2.05, 4.69) is 49.9 Å². The third-order valence-electron chi connectivity index (χ3n) is 8.83. The summed E-state index contributed by atoms with van der Waals surface area (Å²) in [6.07, 6.45) is 7.19. The Balaban J connectivity index is 1.56. The number of para-hydroxylation sites is 1. The molecule has 3 aliphatic rings. The van der Waals surface area contributed by atoms with E-state index in [0.717, 1.165) is 48.5 Å². The van der Waals surface area contributed by atoms with Crippen LogP contribution in [0.4, 0.5) is 11.4 Å². The highest BCUT2D eigenvalue weighted by molar-refractivity contribution is 7.85. The van der Waals surface area contributed by atoms with E-state index in [1.165, 1.54) is 23.4 Å². The van der Waals surface area contributed by atoms with Crippen molar-refractivity contribution >= 4 is 33.0 Å². The number of hydrogen-bond acceptors (Lipinski definition) is 5. The Hall–Kier alpha value is -3.49. The lowest BCUT2D eigenvalue weighted by molar-refractivity contribution is -0.401. The molecular formula is C33H39N2O5S+. The summed E-state index contributed by atoms with van der Waals surface area (Å²) in [5.74, 6) is 0.468. The molecule has 8 heteroatoms. The number of ketones is 1. The smallest absolute Gasteiger partial charge is 0.294 e. The van der Waals surface area contributed by atoms with Crippen molar-refractivity contribution in [3.63, 3.8) is 0 Å². The molecule has 2 heterocycles. The SMILES string of the molecule is CCCCCN1/C(=C/C2=C(OC)C(=C/C3=[N+](C)c4ccc(S(=O)(=O)O)cc4C3(C)C)/C2=O)C(C)(C)c2ccccc21. The molecule has 5 rings (SSSR count). The number of fused-ring (bicyclic) bond motifs is 2. The van der Waals surface area contributed by atoms with E-state index in [9.17, 15) is 17.8 Å². The fourth-order valence-corrected chi connectivity index (χ4v) is 6.99. The maximum Gasteiger partial charge on any atom is 0.294 e. The van der Waals surface area contributed by atoms with Crippen LogP contribution in [0.15, 0.2) is 82.1 Å². The largest absolute Gasteiger partial charge is 0.495 e. The van der Waals surface area contributed by atoms with Crippen LogP contribution < -0.4 is 4.90 Å². The summed E-state index contributed by atoms with van der Waals surface area (Å²) >= 11 is 0. The van der Waals surface area contributed by atoms with Crippen LogP contribution in [0.25, 0.3) is 0 Å². The molecule has 0 bridgehead atoms. The van der Waals surface area contributed by atoms with Gasteiger partial charge in [0, 0.05) is 41.1 Å². The van der Waals surface area contributed by atoms with Crippen molar-refractivity contribution in [3.05, 3.63) is 88.3 Å². The molecule has 0 saturated heterocycles. The topological polar surface area (TPSA) is 86.9 Å². The van der Waals surface area contributed by atoms with Gasteiger partial charge in [0.1, 0.15) is 12.8 Å². The molecule has 0 aromatic heterocycles. The van der Waals surface area contributed by atoms with Gasteiger partial charge in [-0.05, 0) is 50.1 Å². The number of carbonyl (C=O) groups excluding carboxylic acids is 1. The number of nitrogens with zero attached hydrogens (tertiary/aromatic N) is 2. The number of hydrogen-bond donors (Lipinski definition) is 1. The van der Waals surface area contributed by atoms with Crippen LogP contribution in [0.3, 0.4) is 0 Å². The Labute approximate surface area is 243 Å². The second-order valence-corrected chi connectivity index (χ2v) is 13.5. The summed E-state index contributed by atoms with van der Waals surface area (Å²) in [5.41, 5.74) is 6.09. The number of rotatable bonds is 8. The fourth-order valence-electron chi connectivity index (χ4n) is 6.48. The first-order valence-corrected chi connectivity index (χ1v) is 15.6. The van der Waals surface area contributed by atoms with Crippen molar-refractivity contribution in [1.82, 2.24) is 0 Å². The number of methoxy groups -OCH3 is 1. The van der Waals surface area contributed by atoms with E-state index < -0.39 is 15.5 Å². The van der Waals surface area contributed by atoms with Gasteiger partial charge < -0.3 is 9.64 Å². The van der Waals surface area contributed by atoms with Crippen LogP contribution in [0, 0.1) is 0 Å². The predicted octanol–water partition coefficient (Wildman–Crippen LogP) is 6.22. The first kappa shape index (κ1) is 29.0. The van der Waals surface area contributed by atoms with Crippen molar-refractivity contribution < 1.29 is 27.1 Å². The van der Waals surface area contributed by atoms with Crippen molar-refractivity contribution in [2.24, 2.45) is 0 Å². The minimum atomic E-state index is -4.34. The number of allylic oxidation sites excluding steroid dienone is 5. The van der Waals surface area contributed by atoms with Crippen LogP contribution in [0.2, 0.25) is 0 Å². The zero-order valence-electron chi connectivity index (χ0n) is 24.9. The minimum Gasteiger partial charge on any atom is -0.495 e. The number of unbranched alkanes of at least 4 members (excludes halogenated alkanes) is 2. The van der Waals surface area contributed by atoms with Crippen LogP contribution in [-0.2, 0) is 30.5 Å². The summed E-state index contributed by atoms with van der Waals surface area (Å²) in [6.45, 7) is 11.4. The maximum atomic E-state index is 13.7. The van der Waals surface area contributed by atoms with Crippen molar-refractivity contribution in [3.8, 4) is 0 Å². The van der Waals surface area contributed by atoms with Crippen molar-refractivity contribution in [2.45, 2.75) is 69.6 Å². The second-order valence-electron chi connectivity index (χ2n) is 12.1. The zero-order chi connectivity index (χ0) is 29.9. The molecule has 0 saturated carbocycles. The molecule has 0 unspecified atom stereocenters. The van der Waals surface area contributed by atoms with E-state index in [0.29, 0.717) is 16.9 Å². The first-order valence-electron chi connectivity index (χ1n) is 14.1. The summed E-state index contributed by atoms with van der Waals surface area (Å²) in [4.78, 5) is 15.9. The van der Waals surface area contributed by atoms with Gasteiger partial charge in [-0.15, -0.1) is 0 Å². The Morgan fingerprint density at radius 1 is 1.00 bits per heavy atom. The molecule has 2 aromatic carbocycles. The molecular weight excluding hydrogens is 536 g/mol. The van der Waals surface area contributed by atoms with E-state index in [1.807, 2.05) is 37.6 Å². The molecule has 216 valence electrons. The predicted molar refractivity (Wildman–Crippen MR) is 162 cm³/mol. The quantitative estimate of drug-likeness (QED) is 0.174. The average Bonchev–Trinajstić information content (AvgIpc) is 3.25. The van der Waals surface area contributed by atoms with Gasteiger partial charge in [-0.3, -0.25) is 9.35 Å². The van der Waals surface area contributed by atoms with Crippen LogP contribution in [-0.4, -0.2) is 49.7 Å². The number of anilines is 1. The third-order valence-corrected chi connectivity index (χ3v) is 9.68. The van der Waals surface area contributed by atoms with Crippen LogP contribution in [0.5, 0.6) is 0 Å². The van der Waals surface area contributed by atoms with Gasteiger partial charge in [0.15, 0.2) is 5.71 Å². The van der Waals surface area contributed by atoms with E-state index in [-0.39, 0.29) is 16.1 Å². The number of ether oxygens (including phenoxy) is 1. The molecule has 0 fully saturated rings. The van der Waals surface area contributed by atoms with Gasteiger partial charge in [0.2, 0.25) is 11.5 Å². The molecule has 0 amide bonds. The van der Waals surface area contributed by atoms with Gasteiger partial charge in [0.25, 0.3) is 10.1 Å². The summed E-state index contributed by atoms with van der Waals surface area (Å²) in [6, 6.07) is 13.0. The average molecular weight is 576 g/mol. The normalized spacial score (nSPS) is 21.1. The lowest BCUT2D eigenvalue weighted by Crippen LogP contribution is -2.32. The first-order chi connectivity index (χ1) is 19.2. The van der Waals surface area contributed by atoms with Gasteiger partial charge in [-0.1, -0.05) is 51.8 Å². The lowest BCUT2D eigenvalue weighted by atomic mass is 9.77.